The van der Waals surface area contributed by atoms with E-state index in [2.05, 4.69) is 103 Å². The van der Waals surface area contributed by atoms with Crippen LogP contribution in [0.4, 0.5) is 0 Å². The average Bonchev–Trinajstić information content (AvgIpc) is 3.20. The number of allylic oxidation sites excluding steroid dienone is 16. The normalized spacial score (nSPS) is 14.7. The highest BCUT2D eigenvalue weighted by Gasteiger charge is 2.28. The highest BCUT2D eigenvalue weighted by Crippen LogP contribution is 2.43. The number of carbonyl (C=O) groups is 3. The smallest absolute Gasteiger partial charge is 0.472 e. The lowest BCUT2D eigenvalue weighted by Gasteiger charge is -2.20. The number of phosphoric acid groups is 1. The van der Waals surface area contributed by atoms with Crippen LogP contribution in [0, 0.1) is 0 Å². The minimum absolute atomic E-state index is 0.0746. The molecule has 0 heterocycles. The van der Waals surface area contributed by atoms with Crippen LogP contribution in [0.3, 0.4) is 0 Å². The standard InChI is InChI=1S/C46H74NO10P/c1-3-5-7-9-11-13-15-17-19-21-23-25-27-29-31-33-35-37-44(48)54-39-42(40-55-58(52,53)56-41-43(47)46(50)51)57-45(49)38-36-34-32-30-28-26-24-22-20-18-16-14-12-10-8-6-4-2/h5-8,11-14,17-20,24,26,30,32,42-43H,3-4,9-10,15-16,21-23,25,27-29,31,33-41,47H2,1-2H3,(H,50,51)(H,52,53)/b7-5-,8-6-,13-11-,14-12-,19-17-,20-18-,26-24-,32-30-. The molecule has 0 aromatic carbocycles. The number of nitrogens with two attached hydrogens (primary N) is 1. The zero-order valence-corrected chi connectivity index (χ0v) is 36.2. The van der Waals surface area contributed by atoms with Gasteiger partial charge in [0.25, 0.3) is 0 Å². The van der Waals surface area contributed by atoms with E-state index in [-0.39, 0.29) is 19.4 Å². The van der Waals surface area contributed by atoms with Crippen molar-refractivity contribution in [1.29, 1.82) is 0 Å². The number of hydrogen-bond acceptors (Lipinski definition) is 9. The van der Waals surface area contributed by atoms with E-state index in [0.29, 0.717) is 19.3 Å². The third-order valence-electron chi connectivity index (χ3n) is 8.33. The summed E-state index contributed by atoms with van der Waals surface area (Å²) in [6.45, 7) is 2.49. The molecule has 0 aliphatic carbocycles. The van der Waals surface area contributed by atoms with Crippen molar-refractivity contribution in [2.45, 2.75) is 154 Å². The quantitative estimate of drug-likeness (QED) is 0.0234. The molecule has 0 amide bonds. The first-order chi connectivity index (χ1) is 28.1. The summed E-state index contributed by atoms with van der Waals surface area (Å²) in [5.74, 6) is -2.48. The number of hydrogen-bond donors (Lipinski definition) is 3. The molecular formula is C46H74NO10P. The van der Waals surface area contributed by atoms with Crippen molar-refractivity contribution in [3.05, 3.63) is 97.2 Å². The Kier molecular flexibility index (Phi) is 37.7. The lowest BCUT2D eigenvalue weighted by molar-refractivity contribution is -0.161. The molecule has 0 fully saturated rings. The molecule has 3 atom stereocenters. The van der Waals surface area contributed by atoms with Gasteiger partial charge in [-0.1, -0.05) is 143 Å². The van der Waals surface area contributed by atoms with E-state index in [4.69, 9.17) is 24.8 Å². The fraction of sp³-hybridized carbons (Fsp3) is 0.587. The maximum Gasteiger partial charge on any atom is 0.472 e. The SMILES string of the molecule is CC/C=C\C/C=C\C/C=C\C/C=C\C/C=C\CCCC(=O)OC(COC(=O)CCCCCCCCC/C=C\C/C=C\C/C=C\CC)COP(=O)(O)OCC(N)C(=O)O. The molecule has 4 N–H and O–H groups in total. The second-order valence-corrected chi connectivity index (χ2v) is 15.2. The highest BCUT2D eigenvalue weighted by molar-refractivity contribution is 7.47. The number of phosphoric ester groups is 1. The van der Waals surface area contributed by atoms with Gasteiger partial charge in [0, 0.05) is 12.8 Å². The molecule has 328 valence electrons. The molecule has 0 spiro atoms. The van der Waals surface area contributed by atoms with Crippen molar-refractivity contribution in [2.75, 3.05) is 19.8 Å². The zero-order valence-electron chi connectivity index (χ0n) is 35.3. The van der Waals surface area contributed by atoms with E-state index in [1.54, 1.807) is 0 Å². The van der Waals surface area contributed by atoms with Crippen molar-refractivity contribution in [2.24, 2.45) is 5.73 Å². The van der Waals surface area contributed by atoms with E-state index in [1.807, 2.05) is 12.2 Å². The third-order valence-corrected chi connectivity index (χ3v) is 9.28. The third kappa shape index (κ3) is 39.2. The van der Waals surface area contributed by atoms with Crippen LogP contribution in [0.15, 0.2) is 97.2 Å². The lowest BCUT2D eigenvalue weighted by atomic mass is 10.1. The molecule has 0 saturated heterocycles. The molecular weight excluding hydrogens is 757 g/mol. The molecule has 0 rings (SSSR count). The van der Waals surface area contributed by atoms with Crippen LogP contribution in [0.5, 0.6) is 0 Å². The molecule has 0 bridgehead atoms. The number of unbranched alkanes of at least 4 members (excludes halogenated alkanes) is 8. The van der Waals surface area contributed by atoms with Gasteiger partial charge < -0.3 is 25.2 Å². The molecule has 11 nitrogen and oxygen atoms in total. The Morgan fingerprint density at radius 1 is 0.534 bits per heavy atom. The maximum atomic E-state index is 12.6. The average molecular weight is 832 g/mol. The first-order valence-corrected chi connectivity index (χ1v) is 22.8. The first-order valence-electron chi connectivity index (χ1n) is 21.3. The predicted octanol–water partition coefficient (Wildman–Crippen LogP) is 11.3. The van der Waals surface area contributed by atoms with Gasteiger partial charge in [0.1, 0.15) is 12.6 Å². The predicted molar refractivity (Wildman–Crippen MR) is 235 cm³/mol. The zero-order chi connectivity index (χ0) is 42.8. The first kappa shape index (κ1) is 54.4. The maximum absolute atomic E-state index is 12.6. The van der Waals surface area contributed by atoms with Gasteiger partial charge in [0.15, 0.2) is 6.10 Å². The molecule has 0 aliphatic heterocycles. The minimum Gasteiger partial charge on any atom is -0.480 e. The van der Waals surface area contributed by atoms with Crippen molar-refractivity contribution in [3.63, 3.8) is 0 Å². The van der Waals surface area contributed by atoms with Crippen LogP contribution >= 0.6 is 7.82 Å². The van der Waals surface area contributed by atoms with E-state index < -0.39 is 51.1 Å². The number of carboxylic acids is 1. The van der Waals surface area contributed by atoms with Crippen LogP contribution in [0.1, 0.15) is 142 Å². The largest absolute Gasteiger partial charge is 0.480 e. The fourth-order valence-electron chi connectivity index (χ4n) is 5.05. The van der Waals surface area contributed by atoms with Gasteiger partial charge >= 0.3 is 25.7 Å². The van der Waals surface area contributed by atoms with Crippen molar-refractivity contribution < 1.29 is 47.5 Å². The Morgan fingerprint density at radius 3 is 1.41 bits per heavy atom. The summed E-state index contributed by atoms with van der Waals surface area (Å²) in [5.41, 5.74) is 5.33. The van der Waals surface area contributed by atoms with Crippen molar-refractivity contribution >= 4 is 25.7 Å². The molecule has 12 heteroatoms. The Hall–Kier alpha value is -3.60. The topological polar surface area (TPSA) is 172 Å². The van der Waals surface area contributed by atoms with Gasteiger partial charge in [-0.05, 0) is 83.5 Å². The number of esters is 2. The van der Waals surface area contributed by atoms with Gasteiger partial charge in [0.05, 0.1) is 13.2 Å². The lowest BCUT2D eigenvalue weighted by Crippen LogP contribution is -2.34. The molecule has 0 aliphatic rings. The van der Waals surface area contributed by atoms with E-state index in [1.165, 1.54) is 12.8 Å². The van der Waals surface area contributed by atoms with Crippen LogP contribution in [-0.4, -0.2) is 59.9 Å². The number of carbonyl (C=O) groups excluding carboxylic acids is 2. The molecule has 0 aromatic heterocycles. The monoisotopic (exact) mass is 832 g/mol. The van der Waals surface area contributed by atoms with E-state index in [9.17, 15) is 23.8 Å². The number of aliphatic carboxylic acids is 1. The Balaban J connectivity index is 4.50. The second kappa shape index (κ2) is 40.2. The summed E-state index contributed by atoms with van der Waals surface area (Å²) < 4.78 is 32.6. The molecule has 0 radical (unpaired) electrons. The summed E-state index contributed by atoms with van der Waals surface area (Å²) in [7, 11) is -4.74. The van der Waals surface area contributed by atoms with E-state index >= 15 is 0 Å². The van der Waals surface area contributed by atoms with Gasteiger partial charge in [-0.15, -0.1) is 0 Å². The molecule has 58 heavy (non-hydrogen) atoms. The molecule has 0 aromatic rings. The van der Waals surface area contributed by atoms with Gasteiger partial charge in [-0.2, -0.15) is 0 Å². The summed E-state index contributed by atoms with van der Waals surface area (Å²) in [4.78, 5) is 45.9. The molecule has 3 unspecified atom stereocenters. The fourth-order valence-corrected chi connectivity index (χ4v) is 5.83. The van der Waals surface area contributed by atoms with Crippen LogP contribution in [0.2, 0.25) is 0 Å². The van der Waals surface area contributed by atoms with Gasteiger partial charge in [-0.25, -0.2) is 4.57 Å². The van der Waals surface area contributed by atoms with Crippen LogP contribution < -0.4 is 5.73 Å². The van der Waals surface area contributed by atoms with Crippen molar-refractivity contribution in [3.8, 4) is 0 Å². The Bertz CT molecular complexity index is 1350. The Morgan fingerprint density at radius 2 is 0.931 bits per heavy atom. The summed E-state index contributed by atoms with van der Waals surface area (Å²) in [5, 5.41) is 8.89. The number of rotatable bonds is 38. The van der Waals surface area contributed by atoms with Gasteiger partial charge in [0.2, 0.25) is 0 Å². The second-order valence-electron chi connectivity index (χ2n) is 13.7. The molecule has 0 saturated carbocycles. The Labute approximate surface area is 349 Å². The summed E-state index contributed by atoms with van der Waals surface area (Å²) >= 11 is 0. The van der Waals surface area contributed by atoms with Gasteiger partial charge in [-0.3, -0.25) is 23.4 Å². The van der Waals surface area contributed by atoms with Crippen LogP contribution in [-0.2, 0) is 37.5 Å². The minimum atomic E-state index is -4.74. The summed E-state index contributed by atoms with van der Waals surface area (Å²) in [6, 6.07) is -1.54. The number of ether oxygens (including phenoxy) is 2. The van der Waals surface area contributed by atoms with Crippen LogP contribution in [0.25, 0.3) is 0 Å². The van der Waals surface area contributed by atoms with E-state index in [0.717, 1.165) is 83.5 Å². The van der Waals surface area contributed by atoms with Crippen molar-refractivity contribution in [1.82, 2.24) is 0 Å². The highest BCUT2D eigenvalue weighted by atomic mass is 31.2. The summed E-state index contributed by atoms with van der Waals surface area (Å²) in [6.07, 6.45) is 50.5. The number of carboxylic acid groups (broad SMARTS) is 1.